The maximum Gasteiger partial charge on any atom is 0.335 e. The summed E-state index contributed by atoms with van der Waals surface area (Å²) in [5.41, 5.74) is 2.51. The molecule has 1 aromatic rings. The molecule has 0 aliphatic rings. The van der Waals surface area contributed by atoms with Gasteiger partial charge in [0.2, 0.25) is 0 Å². The lowest BCUT2D eigenvalue weighted by Crippen LogP contribution is -2.09. The molecule has 0 aromatic heterocycles. The molecule has 1 rings (SSSR count). The van der Waals surface area contributed by atoms with E-state index in [0.29, 0.717) is 5.57 Å². The van der Waals surface area contributed by atoms with Gasteiger partial charge in [0.05, 0.1) is 5.56 Å². The first-order valence-electron chi connectivity index (χ1n) is 7.75. The number of allylic oxidation sites excluding steroid dienone is 6. The summed E-state index contributed by atoms with van der Waals surface area (Å²) in [7, 11) is 0. The second-order valence-electron chi connectivity index (χ2n) is 6.42. The molecule has 0 saturated heterocycles. The summed E-state index contributed by atoms with van der Waals surface area (Å²) in [6.07, 6.45) is 8.53. The van der Waals surface area contributed by atoms with E-state index >= 15 is 0 Å². The van der Waals surface area contributed by atoms with Crippen LogP contribution in [0.25, 0.3) is 6.08 Å². The zero-order chi connectivity index (χ0) is 18.3. The molecule has 1 N–H and O–H groups in total. The molecule has 0 heterocycles. The van der Waals surface area contributed by atoms with Gasteiger partial charge in [0.1, 0.15) is 0 Å². The highest BCUT2D eigenvalue weighted by atomic mass is 16.4. The number of aromatic carboxylic acids is 1. The number of benzene rings is 1. The fourth-order valence-electron chi connectivity index (χ4n) is 2.14. The second kappa shape index (κ2) is 8.25. The van der Waals surface area contributed by atoms with E-state index in [1.165, 1.54) is 18.2 Å². The van der Waals surface area contributed by atoms with Crippen LogP contribution >= 0.6 is 0 Å². The van der Waals surface area contributed by atoms with Gasteiger partial charge in [-0.2, -0.15) is 0 Å². The molecule has 0 radical (unpaired) electrons. The fraction of sp³-hybridized carbons (Fsp3) is 0.238. The molecule has 0 spiro atoms. The predicted octanol–water partition coefficient (Wildman–Crippen LogP) is 5.07. The van der Waals surface area contributed by atoms with Crippen LogP contribution in [0.2, 0.25) is 0 Å². The van der Waals surface area contributed by atoms with Crippen molar-refractivity contribution in [2.75, 3.05) is 0 Å². The van der Waals surface area contributed by atoms with Crippen molar-refractivity contribution in [3.8, 4) is 0 Å². The quantitative estimate of drug-likeness (QED) is 0.587. The van der Waals surface area contributed by atoms with Crippen LogP contribution in [-0.2, 0) is 4.79 Å². The molecule has 0 aliphatic heterocycles. The Hall–Kier alpha value is -2.68. The first-order valence-corrected chi connectivity index (χ1v) is 7.75. The lowest BCUT2D eigenvalue weighted by atomic mass is 9.84. The van der Waals surface area contributed by atoms with Gasteiger partial charge in [-0.15, -0.1) is 0 Å². The number of carboxylic acid groups (broad SMARTS) is 1. The molecule has 0 unspecified atom stereocenters. The number of ketones is 1. The summed E-state index contributed by atoms with van der Waals surface area (Å²) in [4.78, 5) is 23.2. The van der Waals surface area contributed by atoms with Crippen LogP contribution in [0.5, 0.6) is 0 Å². The van der Waals surface area contributed by atoms with E-state index in [1.807, 2.05) is 19.1 Å². The van der Waals surface area contributed by atoms with Crippen molar-refractivity contribution in [2.24, 2.45) is 5.41 Å². The molecule has 0 saturated carbocycles. The number of hydrogen-bond donors (Lipinski definition) is 1. The van der Waals surface area contributed by atoms with Gasteiger partial charge in [0.25, 0.3) is 0 Å². The van der Waals surface area contributed by atoms with Crippen LogP contribution in [0.3, 0.4) is 0 Å². The summed E-state index contributed by atoms with van der Waals surface area (Å²) < 4.78 is 0. The Balaban J connectivity index is 2.98. The third-order valence-corrected chi connectivity index (χ3v) is 3.58. The van der Waals surface area contributed by atoms with Gasteiger partial charge in [-0.1, -0.05) is 57.7 Å². The molecule has 0 amide bonds. The highest BCUT2D eigenvalue weighted by molar-refractivity contribution is 6.08. The lowest BCUT2D eigenvalue weighted by molar-refractivity contribution is -0.111. The zero-order valence-electron chi connectivity index (χ0n) is 14.7. The average Bonchev–Trinajstić information content (AvgIpc) is 2.52. The van der Waals surface area contributed by atoms with Crippen LogP contribution in [0.15, 0.2) is 66.3 Å². The van der Waals surface area contributed by atoms with Gasteiger partial charge < -0.3 is 5.11 Å². The molecule has 0 bridgehead atoms. The van der Waals surface area contributed by atoms with E-state index in [9.17, 15) is 9.59 Å². The van der Waals surface area contributed by atoms with E-state index in [4.69, 9.17) is 5.11 Å². The summed E-state index contributed by atoms with van der Waals surface area (Å²) in [5, 5.41) is 8.88. The highest BCUT2D eigenvalue weighted by Crippen LogP contribution is 2.27. The minimum Gasteiger partial charge on any atom is -0.478 e. The van der Waals surface area contributed by atoms with Gasteiger partial charge in [0, 0.05) is 5.57 Å². The van der Waals surface area contributed by atoms with Crippen LogP contribution in [0, 0.1) is 5.41 Å². The summed E-state index contributed by atoms with van der Waals surface area (Å²) in [5.74, 6) is -1.12. The van der Waals surface area contributed by atoms with Gasteiger partial charge in [-0.05, 0) is 47.8 Å². The maximum absolute atomic E-state index is 12.4. The maximum atomic E-state index is 12.4. The SMILES string of the molecule is C=C/C(=C\C(=C/C)C(C)(C)C)C(=O)/C=C/c1ccc(C(=O)O)cc1. The molecule has 3 heteroatoms. The van der Waals surface area contributed by atoms with Crippen molar-refractivity contribution in [3.05, 3.63) is 77.4 Å². The van der Waals surface area contributed by atoms with Crippen LogP contribution < -0.4 is 0 Å². The Morgan fingerprint density at radius 3 is 2.12 bits per heavy atom. The van der Waals surface area contributed by atoms with Crippen LogP contribution in [-0.4, -0.2) is 16.9 Å². The molecule has 0 atom stereocenters. The van der Waals surface area contributed by atoms with E-state index in [-0.39, 0.29) is 16.8 Å². The summed E-state index contributed by atoms with van der Waals surface area (Å²) in [6, 6.07) is 6.34. The average molecular weight is 324 g/mol. The van der Waals surface area contributed by atoms with Crippen molar-refractivity contribution < 1.29 is 14.7 Å². The number of carbonyl (C=O) groups excluding carboxylic acids is 1. The van der Waals surface area contributed by atoms with Gasteiger partial charge >= 0.3 is 5.97 Å². The largest absolute Gasteiger partial charge is 0.478 e. The number of hydrogen-bond acceptors (Lipinski definition) is 2. The van der Waals surface area contributed by atoms with Crippen molar-refractivity contribution >= 4 is 17.8 Å². The minimum absolute atomic E-state index is 0.0559. The molecular formula is C21H24O3. The van der Waals surface area contributed by atoms with Crippen molar-refractivity contribution in [1.29, 1.82) is 0 Å². The minimum atomic E-state index is -0.973. The standard InChI is InChI=1S/C21H24O3/c1-6-16(14-18(7-2)21(3,4)5)19(22)13-10-15-8-11-17(12-9-15)20(23)24/h6-14H,1H2,2-5H3,(H,23,24)/b13-10+,16-14+,18-7+. The van der Waals surface area contributed by atoms with E-state index < -0.39 is 5.97 Å². The Morgan fingerprint density at radius 2 is 1.71 bits per heavy atom. The van der Waals surface area contributed by atoms with E-state index in [1.54, 1.807) is 24.3 Å². The first-order chi connectivity index (χ1) is 11.2. The van der Waals surface area contributed by atoms with Crippen LogP contribution in [0.4, 0.5) is 0 Å². The number of rotatable bonds is 6. The van der Waals surface area contributed by atoms with Crippen molar-refractivity contribution in [2.45, 2.75) is 27.7 Å². The van der Waals surface area contributed by atoms with Gasteiger partial charge in [0.15, 0.2) is 5.78 Å². The Bertz CT molecular complexity index is 708. The van der Waals surface area contributed by atoms with Gasteiger partial charge in [-0.25, -0.2) is 4.79 Å². The fourth-order valence-corrected chi connectivity index (χ4v) is 2.14. The monoisotopic (exact) mass is 324 g/mol. The third kappa shape index (κ3) is 5.51. The second-order valence-corrected chi connectivity index (χ2v) is 6.42. The Kier molecular flexibility index (Phi) is 6.66. The Labute approximate surface area is 143 Å². The molecule has 0 fully saturated rings. The number of carboxylic acids is 1. The number of carbonyl (C=O) groups is 2. The zero-order valence-corrected chi connectivity index (χ0v) is 14.7. The normalized spacial score (nSPS) is 13.2. The third-order valence-electron chi connectivity index (χ3n) is 3.58. The summed E-state index contributed by atoms with van der Waals surface area (Å²) in [6.45, 7) is 11.9. The van der Waals surface area contributed by atoms with E-state index in [2.05, 4.69) is 27.4 Å². The smallest absolute Gasteiger partial charge is 0.335 e. The molecule has 126 valence electrons. The lowest BCUT2D eigenvalue weighted by Gasteiger charge is -2.20. The van der Waals surface area contributed by atoms with Crippen LogP contribution in [0.1, 0.15) is 43.6 Å². The molecule has 1 aromatic carbocycles. The van der Waals surface area contributed by atoms with E-state index in [0.717, 1.165) is 11.1 Å². The predicted molar refractivity (Wildman–Crippen MR) is 98.9 cm³/mol. The molecular weight excluding hydrogens is 300 g/mol. The topological polar surface area (TPSA) is 54.4 Å². The summed E-state index contributed by atoms with van der Waals surface area (Å²) >= 11 is 0. The molecule has 0 aliphatic carbocycles. The molecule has 24 heavy (non-hydrogen) atoms. The first kappa shape index (κ1) is 19.4. The highest BCUT2D eigenvalue weighted by Gasteiger charge is 2.15. The van der Waals surface area contributed by atoms with Gasteiger partial charge in [-0.3, -0.25) is 4.79 Å². The van der Waals surface area contributed by atoms with Crippen molar-refractivity contribution in [3.63, 3.8) is 0 Å². The van der Waals surface area contributed by atoms with Crippen molar-refractivity contribution in [1.82, 2.24) is 0 Å². The Morgan fingerprint density at radius 1 is 1.12 bits per heavy atom. The molecule has 3 nitrogen and oxygen atoms in total.